The zero-order chi connectivity index (χ0) is 20.3. The first kappa shape index (κ1) is 20.0. The number of fused-ring (bicyclic) bond motifs is 1. The lowest BCUT2D eigenvalue weighted by atomic mass is 10.2. The number of halogens is 1. The maximum Gasteiger partial charge on any atom is 0.271 e. The summed E-state index contributed by atoms with van der Waals surface area (Å²) in [6, 6.07) is 9.44. The van der Waals surface area contributed by atoms with Crippen LogP contribution in [0.25, 0.3) is 11.0 Å². The molecule has 3 rings (SSSR count). The van der Waals surface area contributed by atoms with E-state index in [0.29, 0.717) is 17.5 Å². The van der Waals surface area contributed by atoms with Crippen LogP contribution in [0.5, 0.6) is 5.75 Å². The zero-order valence-corrected chi connectivity index (χ0v) is 16.6. The Kier molecular flexibility index (Phi) is 6.05. The minimum atomic E-state index is -0.547. The van der Waals surface area contributed by atoms with Crippen molar-refractivity contribution in [3.8, 4) is 5.75 Å². The molecule has 0 aliphatic heterocycles. The first-order chi connectivity index (χ1) is 13.4. The van der Waals surface area contributed by atoms with E-state index < -0.39 is 10.2 Å². The van der Waals surface area contributed by atoms with Crippen LogP contribution in [0.4, 0.5) is 11.4 Å². The Morgan fingerprint density at radius 3 is 2.86 bits per heavy atom. The average Bonchev–Trinajstić information content (AvgIpc) is 3.04. The molecule has 0 aliphatic carbocycles. The van der Waals surface area contributed by atoms with E-state index in [4.69, 9.17) is 16.3 Å². The number of amides is 1. The predicted octanol–water partition coefficient (Wildman–Crippen LogP) is 4.64. The third-order valence-electron chi connectivity index (χ3n) is 3.82. The van der Waals surface area contributed by atoms with Crippen LogP contribution in [-0.2, 0) is 4.79 Å². The maximum absolute atomic E-state index is 12.5. The SMILES string of the molecule is CCOc1ccc2nc(S[C@@H](C)C(=O)Nc3ccc([N+](=O)[O-])cc3Cl)[nH]c2c1. The Morgan fingerprint density at radius 2 is 2.18 bits per heavy atom. The Hall–Kier alpha value is -2.78. The van der Waals surface area contributed by atoms with E-state index in [1.165, 1.54) is 30.0 Å². The van der Waals surface area contributed by atoms with Crippen molar-refractivity contribution in [2.45, 2.75) is 24.3 Å². The quantitative estimate of drug-likeness (QED) is 0.327. The normalized spacial score (nSPS) is 12.0. The number of nitro groups is 1. The van der Waals surface area contributed by atoms with Gasteiger partial charge in [-0.2, -0.15) is 0 Å². The molecule has 0 spiro atoms. The molecule has 10 heteroatoms. The van der Waals surface area contributed by atoms with Gasteiger partial charge < -0.3 is 15.0 Å². The van der Waals surface area contributed by atoms with Crippen molar-refractivity contribution in [2.24, 2.45) is 0 Å². The topological polar surface area (TPSA) is 110 Å². The van der Waals surface area contributed by atoms with Crippen LogP contribution in [0.15, 0.2) is 41.6 Å². The van der Waals surface area contributed by atoms with E-state index >= 15 is 0 Å². The van der Waals surface area contributed by atoms with Crippen LogP contribution in [0.1, 0.15) is 13.8 Å². The molecule has 0 aliphatic rings. The Labute approximate surface area is 169 Å². The number of nitrogens with one attached hydrogen (secondary N) is 2. The van der Waals surface area contributed by atoms with E-state index in [9.17, 15) is 14.9 Å². The van der Waals surface area contributed by atoms with E-state index in [1.807, 2.05) is 25.1 Å². The fourth-order valence-electron chi connectivity index (χ4n) is 2.45. The van der Waals surface area contributed by atoms with E-state index in [0.717, 1.165) is 16.8 Å². The average molecular weight is 421 g/mol. The summed E-state index contributed by atoms with van der Waals surface area (Å²) in [6.07, 6.45) is 0. The van der Waals surface area contributed by atoms with Gasteiger partial charge in [0.1, 0.15) is 5.75 Å². The summed E-state index contributed by atoms with van der Waals surface area (Å²) in [5, 5.41) is 13.7. The van der Waals surface area contributed by atoms with Gasteiger partial charge in [0, 0.05) is 18.2 Å². The second kappa shape index (κ2) is 8.49. The number of anilines is 1. The van der Waals surface area contributed by atoms with Crippen molar-refractivity contribution < 1.29 is 14.5 Å². The fourth-order valence-corrected chi connectivity index (χ4v) is 3.49. The Morgan fingerprint density at radius 1 is 1.39 bits per heavy atom. The number of imidazole rings is 1. The molecule has 0 fully saturated rings. The van der Waals surface area contributed by atoms with E-state index in [-0.39, 0.29) is 16.6 Å². The summed E-state index contributed by atoms with van der Waals surface area (Å²) in [4.78, 5) is 30.3. The Balaban J connectivity index is 1.68. The smallest absolute Gasteiger partial charge is 0.271 e. The van der Waals surface area contributed by atoms with Crippen LogP contribution in [-0.4, -0.2) is 32.7 Å². The fraction of sp³-hybridized carbons (Fsp3) is 0.222. The number of non-ortho nitro benzene ring substituents is 1. The van der Waals surface area contributed by atoms with Crippen LogP contribution in [0, 0.1) is 10.1 Å². The minimum absolute atomic E-state index is 0.104. The molecule has 0 unspecified atom stereocenters. The number of carbonyl (C=O) groups is 1. The molecule has 0 radical (unpaired) electrons. The van der Waals surface area contributed by atoms with Gasteiger partial charge in [-0.05, 0) is 32.0 Å². The second-order valence-corrected chi connectivity index (χ2v) is 7.56. The van der Waals surface area contributed by atoms with Gasteiger partial charge in [0.25, 0.3) is 5.69 Å². The van der Waals surface area contributed by atoms with Crippen molar-refractivity contribution in [3.05, 3.63) is 51.5 Å². The zero-order valence-electron chi connectivity index (χ0n) is 15.1. The second-order valence-electron chi connectivity index (χ2n) is 5.82. The lowest BCUT2D eigenvalue weighted by molar-refractivity contribution is -0.384. The summed E-state index contributed by atoms with van der Waals surface area (Å²) in [6.45, 7) is 4.22. The number of benzene rings is 2. The molecule has 0 saturated carbocycles. The molecular weight excluding hydrogens is 404 g/mol. The molecule has 8 nitrogen and oxygen atoms in total. The Bertz CT molecular complexity index is 1040. The minimum Gasteiger partial charge on any atom is -0.494 e. The van der Waals surface area contributed by atoms with Crippen molar-refractivity contribution in [3.63, 3.8) is 0 Å². The molecule has 28 heavy (non-hydrogen) atoms. The number of carbonyl (C=O) groups excluding carboxylic acids is 1. The number of ether oxygens (including phenoxy) is 1. The van der Waals surface area contributed by atoms with Crippen molar-refractivity contribution >= 4 is 51.7 Å². The van der Waals surface area contributed by atoms with Gasteiger partial charge in [0.15, 0.2) is 5.16 Å². The highest BCUT2D eigenvalue weighted by molar-refractivity contribution is 8.00. The highest BCUT2D eigenvalue weighted by atomic mass is 35.5. The summed E-state index contributed by atoms with van der Waals surface area (Å²) in [7, 11) is 0. The predicted molar refractivity (Wildman–Crippen MR) is 109 cm³/mol. The van der Waals surface area contributed by atoms with Crippen molar-refractivity contribution in [2.75, 3.05) is 11.9 Å². The first-order valence-corrected chi connectivity index (χ1v) is 9.67. The van der Waals surface area contributed by atoms with Crippen LogP contribution in [0.3, 0.4) is 0 Å². The third-order valence-corrected chi connectivity index (χ3v) is 5.12. The number of aromatic amines is 1. The highest BCUT2D eigenvalue weighted by Crippen LogP contribution is 2.29. The first-order valence-electron chi connectivity index (χ1n) is 8.41. The van der Waals surface area contributed by atoms with Gasteiger partial charge in [-0.15, -0.1) is 0 Å². The molecule has 1 aromatic heterocycles. The molecule has 3 aromatic rings. The standard InChI is InChI=1S/C18H17ClN4O4S/c1-3-27-12-5-7-15-16(9-12)22-18(21-15)28-10(2)17(24)20-14-6-4-11(23(25)26)8-13(14)19/h4-10H,3H2,1-2H3,(H,20,24)(H,21,22)/t10-/m0/s1. The molecular formula is C18H17ClN4O4S. The number of nitrogens with zero attached hydrogens (tertiary/aromatic N) is 2. The van der Waals surface area contributed by atoms with Gasteiger partial charge in [0.05, 0.1) is 38.5 Å². The van der Waals surface area contributed by atoms with E-state index in [2.05, 4.69) is 15.3 Å². The van der Waals surface area contributed by atoms with Gasteiger partial charge in [0.2, 0.25) is 5.91 Å². The molecule has 0 bridgehead atoms. The van der Waals surface area contributed by atoms with Crippen LogP contribution in [0.2, 0.25) is 5.02 Å². The molecule has 1 heterocycles. The molecule has 2 N–H and O–H groups in total. The molecule has 146 valence electrons. The molecule has 2 aromatic carbocycles. The van der Waals surface area contributed by atoms with Gasteiger partial charge in [-0.3, -0.25) is 14.9 Å². The lowest BCUT2D eigenvalue weighted by Crippen LogP contribution is -2.22. The van der Waals surface area contributed by atoms with Gasteiger partial charge in [-0.25, -0.2) is 4.98 Å². The molecule has 1 amide bonds. The van der Waals surface area contributed by atoms with E-state index in [1.54, 1.807) is 6.92 Å². The van der Waals surface area contributed by atoms with Gasteiger partial charge >= 0.3 is 0 Å². The number of nitro benzene ring substituents is 1. The van der Waals surface area contributed by atoms with Crippen LogP contribution >= 0.6 is 23.4 Å². The molecule has 1 atom stereocenters. The molecule has 0 saturated heterocycles. The highest BCUT2D eigenvalue weighted by Gasteiger charge is 2.19. The lowest BCUT2D eigenvalue weighted by Gasteiger charge is -2.11. The number of aromatic nitrogens is 2. The number of H-pyrrole nitrogens is 1. The monoisotopic (exact) mass is 420 g/mol. The number of thioether (sulfide) groups is 1. The number of hydrogen-bond donors (Lipinski definition) is 2. The summed E-state index contributed by atoms with van der Waals surface area (Å²) in [5.41, 5.74) is 1.77. The number of hydrogen-bond acceptors (Lipinski definition) is 6. The summed E-state index contributed by atoms with van der Waals surface area (Å²) < 4.78 is 5.47. The summed E-state index contributed by atoms with van der Waals surface area (Å²) in [5.74, 6) is 0.449. The van der Waals surface area contributed by atoms with Crippen LogP contribution < -0.4 is 10.1 Å². The third kappa shape index (κ3) is 4.55. The van der Waals surface area contributed by atoms with Gasteiger partial charge in [-0.1, -0.05) is 23.4 Å². The summed E-state index contributed by atoms with van der Waals surface area (Å²) >= 11 is 7.28. The van der Waals surface area contributed by atoms with Crippen molar-refractivity contribution in [1.29, 1.82) is 0 Å². The number of rotatable bonds is 7. The largest absolute Gasteiger partial charge is 0.494 e. The van der Waals surface area contributed by atoms with Crippen molar-refractivity contribution in [1.82, 2.24) is 9.97 Å². The maximum atomic E-state index is 12.5.